The Hall–Kier alpha value is -7.44. The van der Waals surface area contributed by atoms with Crippen LogP contribution in [0.4, 0.5) is 9.59 Å². The van der Waals surface area contributed by atoms with Crippen LogP contribution in [0.1, 0.15) is 109 Å². The van der Waals surface area contributed by atoms with E-state index in [1.54, 1.807) is 47.7 Å². The summed E-state index contributed by atoms with van der Waals surface area (Å²) in [5.41, 5.74) is 9.18. The third kappa shape index (κ3) is 15.0. The molecule has 0 saturated carbocycles. The van der Waals surface area contributed by atoms with E-state index in [2.05, 4.69) is 31.6 Å². The maximum atomic E-state index is 14.8. The summed E-state index contributed by atoms with van der Waals surface area (Å²) in [6.45, 7) is 10.3. The molecule has 1 aliphatic carbocycles. The van der Waals surface area contributed by atoms with Crippen molar-refractivity contribution in [2.45, 2.75) is 134 Å². The van der Waals surface area contributed by atoms with E-state index in [-0.39, 0.29) is 51.3 Å². The highest BCUT2D eigenvalue weighted by Crippen LogP contribution is 2.44. The summed E-state index contributed by atoms with van der Waals surface area (Å²) < 4.78 is 16.7. The van der Waals surface area contributed by atoms with E-state index in [1.165, 1.54) is 4.90 Å². The van der Waals surface area contributed by atoms with Crippen LogP contribution in [0.2, 0.25) is 0 Å². The van der Waals surface area contributed by atoms with Gasteiger partial charge in [0, 0.05) is 48.9 Å². The Kier molecular flexibility index (Phi) is 18.1. The molecule has 4 unspecified atom stereocenters. The van der Waals surface area contributed by atoms with Crippen molar-refractivity contribution in [3.05, 3.63) is 95.7 Å². The molecule has 4 atom stereocenters. The number of H-pyrrole nitrogens is 1. The molecule has 0 spiro atoms. The van der Waals surface area contributed by atoms with Gasteiger partial charge >= 0.3 is 18.2 Å². The second kappa shape index (κ2) is 24.1. The van der Waals surface area contributed by atoms with E-state index in [0.29, 0.717) is 31.2 Å². The average molecular weight is 993 g/mol. The SMILES string of the molecule is CC(C)(C)OC(=O)CCC(NC(=O)OCC1c2ccccc2-c2ccccc21)C(=O)NC(Cc1c[nH]c2ccccc12)C(=O)NC(CCCCNC(=O)OC(C)(C)C)C(=O)N1CCCC1C(=O)NCC(N)=O. The molecule has 0 bridgehead atoms. The number of carbonyl (C=O) groups is 8. The summed E-state index contributed by atoms with van der Waals surface area (Å²) >= 11 is 0. The number of likely N-dealkylation sites (tertiary alicyclic amines) is 1. The van der Waals surface area contributed by atoms with Gasteiger partial charge in [0.05, 0.1) is 6.54 Å². The third-order valence-corrected chi connectivity index (χ3v) is 12.2. The molecule has 2 heterocycles. The number of hydrogen-bond acceptors (Lipinski definition) is 11. The molecule has 1 saturated heterocycles. The number of hydrogen-bond donors (Lipinski definition) is 7. The average Bonchev–Trinajstić information content (AvgIpc) is 4.06. The molecule has 7 amide bonds. The van der Waals surface area contributed by atoms with Gasteiger partial charge < -0.3 is 56.4 Å². The number of benzene rings is 3. The van der Waals surface area contributed by atoms with Crippen molar-refractivity contribution < 1.29 is 52.6 Å². The summed E-state index contributed by atoms with van der Waals surface area (Å²) in [5.74, 6) is -4.35. The number of rotatable bonds is 21. The van der Waals surface area contributed by atoms with Crippen LogP contribution in [0, 0.1) is 0 Å². The van der Waals surface area contributed by atoms with Gasteiger partial charge in [-0.25, -0.2) is 9.59 Å². The Morgan fingerprint density at radius 1 is 0.722 bits per heavy atom. The van der Waals surface area contributed by atoms with Crippen LogP contribution in [0.5, 0.6) is 0 Å². The standard InChI is InChI=1S/C53H68N8O11/c1-52(2,3)71-45(63)25-24-40(60-51(69)70-31-38-36-19-9-7-17-34(36)35-18-8-10-20-37(35)38)46(64)59-42(28-32-29-56-39-21-12-11-16-33(32)39)47(65)58-41(22-13-14-26-55-50(68)72-53(4,5)6)49(67)61-27-15-23-43(61)48(66)57-30-44(54)62/h7-12,16-21,29,38,40-43,56H,13-15,22-28,30-31H2,1-6H3,(H2,54,62)(H,55,68)(H,57,66)(H,58,65)(H,59,64)(H,60,69). The number of aromatic amines is 1. The zero-order chi connectivity index (χ0) is 52.2. The van der Waals surface area contributed by atoms with E-state index in [9.17, 15) is 38.4 Å². The van der Waals surface area contributed by atoms with Crippen LogP contribution in [-0.4, -0.2) is 119 Å². The molecule has 19 nitrogen and oxygen atoms in total. The number of amides is 7. The first kappa shape index (κ1) is 53.9. The number of para-hydroxylation sites is 1. The Labute approximate surface area is 419 Å². The van der Waals surface area contributed by atoms with Gasteiger partial charge in [-0.1, -0.05) is 66.7 Å². The molecule has 19 heteroatoms. The second-order valence-electron chi connectivity index (χ2n) is 20.1. The fourth-order valence-electron chi connectivity index (χ4n) is 9.01. The van der Waals surface area contributed by atoms with Gasteiger partial charge in [0.25, 0.3) is 0 Å². The minimum absolute atomic E-state index is 0.0526. The number of alkyl carbamates (subject to hydrolysis) is 2. The van der Waals surface area contributed by atoms with Crippen LogP contribution >= 0.6 is 0 Å². The highest BCUT2D eigenvalue weighted by Gasteiger charge is 2.39. The van der Waals surface area contributed by atoms with Crippen molar-refractivity contribution >= 4 is 58.6 Å². The molecule has 4 aromatic rings. The summed E-state index contributed by atoms with van der Waals surface area (Å²) in [6.07, 6.45) is 1.17. The maximum Gasteiger partial charge on any atom is 0.407 e. The van der Waals surface area contributed by atoms with Crippen molar-refractivity contribution in [3.63, 3.8) is 0 Å². The zero-order valence-electron chi connectivity index (χ0n) is 41.9. The minimum Gasteiger partial charge on any atom is -0.460 e. The smallest absolute Gasteiger partial charge is 0.407 e. The van der Waals surface area contributed by atoms with Crippen molar-refractivity contribution in [3.8, 4) is 11.1 Å². The first-order valence-corrected chi connectivity index (χ1v) is 24.5. The van der Waals surface area contributed by atoms with Crippen LogP contribution in [0.25, 0.3) is 22.0 Å². The Morgan fingerprint density at radius 3 is 2.01 bits per heavy atom. The van der Waals surface area contributed by atoms with E-state index >= 15 is 0 Å². The summed E-state index contributed by atoms with van der Waals surface area (Å²) in [6, 6.07) is 18.2. The molecule has 1 aliphatic heterocycles. The molecule has 1 fully saturated rings. The largest absolute Gasteiger partial charge is 0.460 e. The van der Waals surface area contributed by atoms with Gasteiger partial charge in [-0.2, -0.15) is 0 Å². The van der Waals surface area contributed by atoms with E-state index in [0.717, 1.165) is 33.2 Å². The normalized spacial score (nSPS) is 15.5. The number of nitrogens with two attached hydrogens (primary N) is 1. The van der Waals surface area contributed by atoms with Gasteiger partial charge in [0.1, 0.15) is 42.0 Å². The minimum atomic E-state index is -1.40. The molecular weight excluding hydrogens is 925 g/mol. The number of ether oxygens (including phenoxy) is 3. The number of fused-ring (bicyclic) bond motifs is 4. The third-order valence-electron chi connectivity index (χ3n) is 12.2. The van der Waals surface area contributed by atoms with Crippen LogP contribution < -0.4 is 32.3 Å². The Bertz CT molecular complexity index is 2570. The lowest BCUT2D eigenvalue weighted by Crippen LogP contribution is -2.58. The van der Waals surface area contributed by atoms with E-state index in [4.69, 9.17) is 19.9 Å². The van der Waals surface area contributed by atoms with Crippen LogP contribution in [0.3, 0.4) is 0 Å². The number of nitrogens with zero attached hydrogens (tertiary/aromatic N) is 1. The summed E-state index contributed by atoms with van der Waals surface area (Å²) in [7, 11) is 0. The molecule has 0 radical (unpaired) electrons. The highest BCUT2D eigenvalue weighted by atomic mass is 16.6. The first-order valence-electron chi connectivity index (χ1n) is 24.5. The fourth-order valence-corrected chi connectivity index (χ4v) is 9.01. The van der Waals surface area contributed by atoms with Crippen molar-refractivity contribution in [2.75, 3.05) is 26.2 Å². The molecular formula is C53H68N8O11. The Balaban J connectivity index is 1.24. The molecule has 1 aromatic heterocycles. The molecule has 72 heavy (non-hydrogen) atoms. The second-order valence-corrected chi connectivity index (χ2v) is 20.1. The van der Waals surface area contributed by atoms with Gasteiger partial charge in [-0.3, -0.25) is 28.8 Å². The monoisotopic (exact) mass is 993 g/mol. The lowest BCUT2D eigenvalue weighted by atomic mass is 9.98. The predicted octanol–water partition coefficient (Wildman–Crippen LogP) is 5.00. The van der Waals surface area contributed by atoms with Gasteiger partial charge in [0.2, 0.25) is 29.5 Å². The highest BCUT2D eigenvalue weighted by molar-refractivity contribution is 5.97. The first-order chi connectivity index (χ1) is 34.2. The van der Waals surface area contributed by atoms with Crippen molar-refractivity contribution in [2.24, 2.45) is 5.73 Å². The molecule has 386 valence electrons. The van der Waals surface area contributed by atoms with Gasteiger partial charge in [0.15, 0.2) is 0 Å². The lowest BCUT2D eigenvalue weighted by molar-refractivity contribution is -0.155. The molecule has 8 N–H and O–H groups in total. The fraction of sp³-hybridized carbons (Fsp3) is 0.472. The number of esters is 1. The number of primary amides is 1. The topological polar surface area (TPSA) is 269 Å². The van der Waals surface area contributed by atoms with Crippen molar-refractivity contribution in [1.29, 1.82) is 0 Å². The van der Waals surface area contributed by atoms with E-state index < -0.39 is 89.6 Å². The maximum absolute atomic E-state index is 14.8. The molecule has 3 aromatic carbocycles. The Morgan fingerprint density at radius 2 is 1.35 bits per heavy atom. The number of nitrogens with one attached hydrogen (secondary N) is 6. The molecule has 2 aliphatic rings. The van der Waals surface area contributed by atoms with Crippen LogP contribution in [0.15, 0.2) is 79.0 Å². The quantitative estimate of drug-likeness (QED) is 0.0332. The predicted molar refractivity (Wildman–Crippen MR) is 268 cm³/mol. The zero-order valence-corrected chi connectivity index (χ0v) is 41.9. The van der Waals surface area contributed by atoms with Crippen molar-refractivity contribution in [1.82, 2.24) is 36.5 Å². The van der Waals surface area contributed by atoms with Crippen LogP contribution in [-0.2, 0) is 49.4 Å². The van der Waals surface area contributed by atoms with E-state index in [1.807, 2.05) is 72.8 Å². The molecule has 6 rings (SSSR count). The number of aromatic nitrogens is 1. The van der Waals surface area contributed by atoms with Gasteiger partial charge in [-0.15, -0.1) is 0 Å². The summed E-state index contributed by atoms with van der Waals surface area (Å²) in [4.78, 5) is 112. The number of carbonyl (C=O) groups excluding carboxylic acids is 8. The lowest BCUT2D eigenvalue weighted by Gasteiger charge is -2.30. The van der Waals surface area contributed by atoms with Gasteiger partial charge in [-0.05, 0) is 114 Å². The summed E-state index contributed by atoms with van der Waals surface area (Å²) in [5, 5.41) is 14.3. The number of unbranched alkanes of at least 4 members (excludes halogenated alkanes) is 1.